The maximum absolute atomic E-state index is 14.1. The van der Waals surface area contributed by atoms with Crippen LogP contribution in [0, 0.1) is 25.5 Å². The molecule has 0 N–H and O–H groups in total. The number of hydrogen-bond donors (Lipinski definition) is 0. The van der Waals surface area contributed by atoms with Gasteiger partial charge in [0.15, 0.2) is 11.5 Å². The fraction of sp³-hybridized carbons (Fsp3) is 0.333. The van der Waals surface area contributed by atoms with E-state index in [1.807, 2.05) is 13.8 Å². The molecule has 2 aromatic carbocycles. The zero-order valence-corrected chi connectivity index (χ0v) is 18.5. The minimum atomic E-state index is -0.428. The summed E-state index contributed by atoms with van der Waals surface area (Å²) in [6, 6.07) is 5.63. The summed E-state index contributed by atoms with van der Waals surface area (Å²) < 4.78 is 51.2. The summed E-state index contributed by atoms with van der Waals surface area (Å²) >= 11 is 0. The van der Waals surface area contributed by atoms with Gasteiger partial charge in [-0.15, -0.1) is 13.2 Å². The Morgan fingerprint density at radius 3 is 1.52 bits per heavy atom. The van der Waals surface area contributed by atoms with Crippen molar-refractivity contribution in [1.29, 1.82) is 0 Å². The number of benzene rings is 2. The van der Waals surface area contributed by atoms with Crippen LogP contribution in [0.2, 0.25) is 0 Å². The molecule has 166 valence electrons. The van der Waals surface area contributed by atoms with Gasteiger partial charge in [0, 0.05) is 25.0 Å². The average molecular weight is 430 g/mol. The summed E-state index contributed by atoms with van der Waals surface area (Å²) in [5, 5.41) is 0. The van der Waals surface area contributed by atoms with Gasteiger partial charge < -0.3 is 18.8 Å². The minimum Gasteiger partial charge on any atom is -0.526 e. The summed E-state index contributed by atoms with van der Waals surface area (Å²) in [5.74, 6) is 0.305. The standard InChI is InChI=1S/C24H29BF2O4/c1-7-9-17(5)28-21-11-15(3)19(26)13-23(21)30-25-31-24-14-20(27)16(4)12-22(24)29-18(6)10-8-2/h7-8,11-14,17-18,25H,1-2,9-10H2,3-6H3. The van der Waals surface area contributed by atoms with Crippen LogP contribution in [0.3, 0.4) is 0 Å². The Bertz CT molecular complexity index is 843. The molecule has 0 heterocycles. The van der Waals surface area contributed by atoms with E-state index in [-0.39, 0.29) is 31.4 Å². The van der Waals surface area contributed by atoms with Gasteiger partial charge in [-0.2, -0.15) is 0 Å². The number of aryl methyl sites for hydroxylation is 2. The molecule has 0 radical (unpaired) electrons. The number of rotatable bonds is 12. The molecular weight excluding hydrogens is 401 g/mol. The highest BCUT2D eigenvalue weighted by atomic mass is 19.1. The molecule has 31 heavy (non-hydrogen) atoms. The quantitative estimate of drug-likeness (QED) is 0.306. The lowest BCUT2D eigenvalue weighted by molar-refractivity contribution is 0.215. The first-order chi connectivity index (χ1) is 14.7. The molecule has 0 aliphatic heterocycles. The van der Waals surface area contributed by atoms with Crippen LogP contribution in [0.25, 0.3) is 0 Å². The highest BCUT2D eigenvalue weighted by Gasteiger charge is 2.16. The Balaban J connectivity index is 2.17. The van der Waals surface area contributed by atoms with E-state index in [2.05, 4.69) is 13.2 Å². The topological polar surface area (TPSA) is 36.9 Å². The SMILES string of the molecule is C=CCC(C)Oc1cc(C)c(F)cc1OBOc1cc(F)c(C)cc1OC(C)CC=C. The fourth-order valence-electron chi connectivity index (χ4n) is 2.84. The third-order valence-electron chi connectivity index (χ3n) is 4.53. The van der Waals surface area contributed by atoms with E-state index in [1.54, 1.807) is 38.1 Å². The summed E-state index contributed by atoms with van der Waals surface area (Å²) in [6.45, 7) is 14.4. The molecule has 0 bridgehead atoms. The second-order valence-electron chi connectivity index (χ2n) is 7.41. The van der Waals surface area contributed by atoms with Crippen molar-refractivity contribution in [3.05, 3.63) is 72.3 Å². The first kappa shape index (κ1) is 24.3. The monoisotopic (exact) mass is 430 g/mol. The normalized spacial score (nSPS) is 12.5. The van der Waals surface area contributed by atoms with E-state index in [1.165, 1.54) is 12.1 Å². The van der Waals surface area contributed by atoms with Gasteiger partial charge in [0.05, 0.1) is 12.2 Å². The Morgan fingerprint density at radius 1 is 0.774 bits per heavy atom. The zero-order chi connectivity index (χ0) is 23.0. The Morgan fingerprint density at radius 2 is 1.16 bits per heavy atom. The summed E-state index contributed by atoms with van der Waals surface area (Å²) in [6.07, 6.45) is 4.40. The van der Waals surface area contributed by atoms with E-state index in [0.29, 0.717) is 35.5 Å². The van der Waals surface area contributed by atoms with E-state index < -0.39 is 11.6 Å². The average Bonchev–Trinajstić information content (AvgIpc) is 2.69. The highest BCUT2D eigenvalue weighted by molar-refractivity contribution is 6.21. The predicted molar refractivity (Wildman–Crippen MR) is 120 cm³/mol. The smallest absolute Gasteiger partial charge is 0.526 e. The van der Waals surface area contributed by atoms with Crippen LogP contribution in [-0.4, -0.2) is 19.9 Å². The maximum Gasteiger partial charge on any atom is 0.576 e. The van der Waals surface area contributed by atoms with Gasteiger partial charge in [-0.3, -0.25) is 0 Å². The van der Waals surface area contributed by atoms with Crippen LogP contribution in [0.15, 0.2) is 49.6 Å². The predicted octanol–water partition coefficient (Wildman–Crippen LogP) is 5.99. The van der Waals surface area contributed by atoms with Gasteiger partial charge in [-0.05, 0) is 51.0 Å². The van der Waals surface area contributed by atoms with E-state index in [4.69, 9.17) is 18.8 Å². The lowest BCUT2D eigenvalue weighted by Gasteiger charge is -2.19. The highest BCUT2D eigenvalue weighted by Crippen LogP contribution is 2.33. The third-order valence-corrected chi connectivity index (χ3v) is 4.53. The lowest BCUT2D eigenvalue weighted by atomic mass is 10.2. The number of halogens is 2. The van der Waals surface area contributed by atoms with Crippen LogP contribution >= 0.6 is 0 Å². The number of ether oxygens (including phenoxy) is 2. The number of hydrogen-bond acceptors (Lipinski definition) is 4. The van der Waals surface area contributed by atoms with Gasteiger partial charge in [0.25, 0.3) is 0 Å². The van der Waals surface area contributed by atoms with Gasteiger partial charge in [0.1, 0.15) is 23.1 Å². The molecule has 0 aliphatic rings. The van der Waals surface area contributed by atoms with Crippen LogP contribution < -0.4 is 18.8 Å². The molecule has 0 aliphatic carbocycles. The maximum atomic E-state index is 14.1. The van der Waals surface area contributed by atoms with E-state index in [0.717, 1.165) is 0 Å². The van der Waals surface area contributed by atoms with Crippen LogP contribution in [0.5, 0.6) is 23.0 Å². The van der Waals surface area contributed by atoms with Gasteiger partial charge in [-0.25, -0.2) is 8.78 Å². The van der Waals surface area contributed by atoms with Crippen molar-refractivity contribution in [1.82, 2.24) is 0 Å². The van der Waals surface area contributed by atoms with Crippen LogP contribution in [0.4, 0.5) is 8.78 Å². The van der Waals surface area contributed by atoms with Gasteiger partial charge >= 0.3 is 7.69 Å². The van der Waals surface area contributed by atoms with Crippen LogP contribution in [0.1, 0.15) is 37.8 Å². The first-order valence-corrected chi connectivity index (χ1v) is 10.2. The van der Waals surface area contributed by atoms with Gasteiger partial charge in [-0.1, -0.05) is 12.2 Å². The van der Waals surface area contributed by atoms with Crippen molar-refractivity contribution in [2.45, 2.75) is 52.7 Å². The zero-order valence-electron chi connectivity index (χ0n) is 18.5. The molecule has 0 saturated heterocycles. The van der Waals surface area contributed by atoms with E-state index in [9.17, 15) is 8.78 Å². The molecule has 2 unspecified atom stereocenters. The third kappa shape index (κ3) is 7.05. The van der Waals surface area contributed by atoms with Crippen molar-refractivity contribution in [2.24, 2.45) is 0 Å². The minimum absolute atomic E-state index is 0.164. The summed E-state index contributed by atoms with van der Waals surface area (Å²) in [4.78, 5) is 0. The first-order valence-electron chi connectivity index (χ1n) is 10.2. The van der Waals surface area contributed by atoms with Crippen LogP contribution in [-0.2, 0) is 0 Å². The fourth-order valence-corrected chi connectivity index (χ4v) is 2.84. The molecule has 0 saturated carbocycles. The second-order valence-corrected chi connectivity index (χ2v) is 7.41. The second kappa shape index (κ2) is 11.4. The Hall–Kier alpha value is -2.96. The lowest BCUT2D eigenvalue weighted by Crippen LogP contribution is -2.16. The molecule has 0 amide bonds. The van der Waals surface area contributed by atoms with E-state index >= 15 is 0 Å². The Kier molecular flexibility index (Phi) is 8.97. The molecule has 2 aromatic rings. The molecule has 7 heteroatoms. The molecule has 0 spiro atoms. The van der Waals surface area contributed by atoms with Crippen molar-refractivity contribution < 1.29 is 27.6 Å². The molecular formula is C24H29BF2O4. The Labute approximate surface area is 183 Å². The summed E-state index contributed by atoms with van der Waals surface area (Å²) in [5.41, 5.74) is 0.864. The summed E-state index contributed by atoms with van der Waals surface area (Å²) in [7, 11) is -0.288. The van der Waals surface area contributed by atoms with Crippen molar-refractivity contribution in [3.8, 4) is 23.0 Å². The molecule has 2 rings (SSSR count). The van der Waals surface area contributed by atoms with Gasteiger partial charge in [0.2, 0.25) is 0 Å². The molecule has 4 nitrogen and oxygen atoms in total. The van der Waals surface area contributed by atoms with Crippen molar-refractivity contribution in [3.63, 3.8) is 0 Å². The van der Waals surface area contributed by atoms with Crippen molar-refractivity contribution >= 4 is 7.69 Å². The largest absolute Gasteiger partial charge is 0.576 e. The molecule has 2 atom stereocenters. The molecule has 0 fully saturated rings. The molecule has 0 aromatic heterocycles. The van der Waals surface area contributed by atoms with Crippen molar-refractivity contribution in [2.75, 3.05) is 0 Å².